The van der Waals surface area contributed by atoms with E-state index in [-0.39, 0.29) is 24.0 Å². The molecule has 1 aliphatic rings. The van der Waals surface area contributed by atoms with E-state index in [9.17, 15) is 14.7 Å². The quantitative estimate of drug-likeness (QED) is 0.786. The molecule has 0 radical (unpaired) electrons. The van der Waals surface area contributed by atoms with E-state index in [4.69, 9.17) is 0 Å². The number of carbonyl (C=O) groups excluding carboxylic acids is 2. The van der Waals surface area contributed by atoms with Gasteiger partial charge >= 0.3 is 0 Å². The molecule has 2 aromatic carbocycles. The first-order chi connectivity index (χ1) is 12.0. The number of para-hydroxylation sites is 1. The molecule has 0 unspecified atom stereocenters. The number of aliphatic imine (C=N–C) groups is 1. The lowest BCUT2D eigenvalue weighted by molar-refractivity contribution is -0.122. The monoisotopic (exact) mass is 355 g/mol. The van der Waals surface area contributed by atoms with E-state index in [1.54, 1.807) is 12.1 Å². The highest BCUT2D eigenvalue weighted by Crippen LogP contribution is 2.26. The van der Waals surface area contributed by atoms with E-state index >= 15 is 0 Å². The Morgan fingerprint density at radius 2 is 1.96 bits per heavy atom. The Bertz CT molecular complexity index is 834. The lowest BCUT2D eigenvalue weighted by Crippen LogP contribution is -2.28. The van der Waals surface area contributed by atoms with Crippen LogP contribution < -0.4 is 10.6 Å². The van der Waals surface area contributed by atoms with E-state index < -0.39 is 5.25 Å². The third-order valence-electron chi connectivity index (χ3n) is 3.65. The number of phenolic OH excluding ortho intramolecular Hbond substituents is 1. The number of phenols is 1. The number of thioether (sulfide) groups is 1. The van der Waals surface area contributed by atoms with Crippen LogP contribution in [-0.2, 0) is 9.59 Å². The number of benzene rings is 2. The fourth-order valence-electron chi connectivity index (χ4n) is 2.32. The molecule has 3 rings (SSSR count). The molecule has 0 spiro atoms. The van der Waals surface area contributed by atoms with Gasteiger partial charge in [0.15, 0.2) is 5.17 Å². The van der Waals surface area contributed by atoms with Gasteiger partial charge in [-0.1, -0.05) is 30.0 Å². The summed E-state index contributed by atoms with van der Waals surface area (Å²) in [5, 5.41) is 14.7. The summed E-state index contributed by atoms with van der Waals surface area (Å²) >= 11 is 1.23. The number of anilines is 1. The normalized spacial score (nSPS) is 18.2. The van der Waals surface area contributed by atoms with Crippen molar-refractivity contribution in [1.29, 1.82) is 0 Å². The van der Waals surface area contributed by atoms with Crippen LogP contribution in [0.5, 0.6) is 5.75 Å². The molecule has 2 amide bonds. The summed E-state index contributed by atoms with van der Waals surface area (Å²) in [6, 6.07) is 13.8. The van der Waals surface area contributed by atoms with E-state index in [1.165, 1.54) is 23.9 Å². The van der Waals surface area contributed by atoms with Crippen LogP contribution in [0.1, 0.15) is 12.0 Å². The molecule has 0 aromatic heterocycles. The van der Waals surface area contributed by atoms with Gasteiger partial charge in [0.05, 0.1) is 5.69 Å². The van der Waals surface area contributed by atoms with Gasteiger partial charge in [0.2, 0.25) is 11.8 Å². The van der Waals surface area contributed by atoms with E-state index in [0.29, 0.717) is 10.9 Å². The van der Waals surface area contributed by atoms with Crippen LogP contribution in [-0.4, -0.2) is 27.3 Å². The van der Waals surface area contributed by atoms with Crippen LogP contribution in [0.2, 0.25) is 0 Å². The molecule has 25 heavy (non-hydrogen) atoms. The SMILES string of the molecule is Cc1ccccc1NC(=O)C[C@@H]1SC(=Nc2ccc(O)cc2)NC1=O. The van der Waals surface area contributed by atoms with Crippen LogP contribution in [0.3, 0.4) is 0 Å². The van der Waals surface area contributed by atoms with Gasteiger partial charge in [0, 0.05) is 12.1 Å². The molecule has 2 aromatic rings. The molecular formula is C18H17N3O3S. The smallest absolute Gasteiger partial charge is 0.240 e. The van der Waals surface area contributed by atoms with Crippen molar-refractivity contribution in [3.8, 4) is 5.75 Å². The van der Waals surface area contributed by atoms with Crippen molar-refractivity contribution >= 4 is 40.1 Å². The van der Waals surface area contributed by atoms with Crippen LogP contribution in [0.25, 0.3) is 0 Å². The summed E-state index contributed by atoms with van der Waals surface area (Å²) in [5.74, 6) is -0.298. The Morgan fingerprint density at radius 1 is 1.24 bits per heavy atom. The predicted molar refractivity (Wildman–Crippen MR) is 99.1 cm³/mol. The van der Waals surface area contributed by atoms with Crippen LogP contribution in [0, 0.1) is 6.92 Å². The number of nitrogens with zero attached hydrogens (tertiary/aromatic N) is 1. The molecular weight excluding hydrogens is 338 g/mol. The van der Waals surface area contributed by atoms with Gasteiger partial charge in [-0.3, -0.25) is 9.59 Å². The summed E-state index contributed by atoms with van der Waals surface area (Å²) < 4.78 is 0. The Kier molecular flexibility index (Phi) is 5.04. The molecule has 0 aliphatic carbocycles. The number of carbonyl (C=O) groups is 2. The van der Waals surface area contributed by atoms with E-state index in [0.717, 1.165) is 11.3 Å². The minimum absolute atomic E-state index is 0.0689. The Hall–Kier alpha value is -2.80. The molecule has 7 heteroatoms. The number of amides is 2. The maximum atomic E-state index is 12.2. The maximum absolute atomic E-state index is 12.2. The number of hydrogen-bond acceptors (Lipinski definition) is 5. The zero-order valence-corrected chi connectivity index (χ0v) is 14.3. The Morgan fingerprint density at radius 3 is 2.68 bits per heavy atom. The van der Waals surface area contributed by atoms with Crippen molar-refractivity contribution in [1.82, 2.24) is 5.32 Å². The van der Waals surface area contributed by atoms with Gasteiger partial charge in [-0.2, -0.15) is 0 Å². The van der Waals surface area contributed by atoms with E-state index in [2.05, 4.69) is 15.6 Å². The van der Waals surface area contributed by atoms with Crippen molar-refractivity contribution in [2.75, 3.05) is 5.32 Å². The Balaban J connectivity index is 1.62. The molecule has 3 N–H and O–H groups in total. The van der Waals surface area contributed by atoms with Crippen molar-refractivity contribution < 1.29 is 14.7 Å². The predicted octanol–water partition coefficient (Wildman–Crippen LogP) is 2.95. The van der Waals surface area contributed by atoms with Crippen molar-refractivity contribution in [2.24, 2.45) is 4.99 Å². The second kappa shape index (κ2) is 7.40. The molecule has 0 saturated carbocycles. The fraction of sp³-hybridized carbons (Fsp3) is 0.167. The second-order valence-electron chi connectivity index (χ2n) is 5.60. The Labute approximate surface area is 149 Å². The summed E-state index contributed by atoms with van der Waals surface area (Å²) in [5.41, 5.74) is 2.33. The highest BCUT2D eigenvalue weighted by Gasteiger charge is 2.32. The second-order valence-corrected chi connectivity index (χ2v) is 6.79. The molecule has 1 atom stereocenters. The van der Waals surface area contributed by atoms with Gasteiger partial charge in [-0.15, -0.1) is 0 Å². The zero-order valence-electron chi connectivity index (χ0n) is 13.5. The first-order valence-electron chi connectivity index (χ1n) is 7.72. The number of hydrogen-bond donors (Lipinski definition) is 3. The average molecular weight is 355 g/mol. The van der Waals surface area contributed by atoms with Gasteiger partial charge in [-0.05, 0) is 42.8 Å². The zero-order chi connectivity index (χ0) is 17.8. The molecule has 1 heterocycles. The fourth-order valence-corrected chi connectivity index (χ4v) is 3.31. The number of rotatable bonds is 4. The lowest BCUT2D eigenvalue weighted by Gasteiger charge is -2.09. The van der Waals surface area contributed by atoms with Crippen molar-refractivity contribution in [3.05, 3.63) is 54.1 Å². The van der Waals surface area contributed by atoms with Gasteiger partial charge in [0.25, 0.3) is 0 Å². The standard InChI is InChI=1S/C18H17N3O3S/c1-11-4-2-3-5-14(11)20-16(23)10-15-17(24)21-18(25-15)19-12-6-8-13(22)9-7-12/h2-9,15,22H,10H2,1H3,(H,20,23)(H,19,21,24)/t15-/m0/s1. The number of aromatic hydroxyl groups is 1. The number of nitrogens with one attached hydrogen (secondary N) is 2. The summed E-state index contributed by atoms with van der Waals surface area (Å²) in [7, 11) is 0. The topological polar surface area (TPSA) is 90.8 Å². The summed E-state index contributed by atoms with van der Waals surface area (Å²) in [6.45, 7) is 1.91. The molecule has 128 valence electrons. The van der Waals surface area contributed by atoms with Crippen LogP contribution >= 0.6 is 11.8 Å². The first-order valence-corrected chi connectivity index (χ1v) is 8.60. The number of amidine groups is 1. The highest BCUT2D eigenvalue weighted by atomic mass is 32.2. The average Bonchev–Trinajstić information content (AvgIpc) is 2.91. The van der Waals surface area contributed by atoms with Gasteiger partial charge in [0.1, 0.15) is 11.0 Å². The number of aryl methyl sites for hydroxylation is 1. The van der Waals surface area contributed by atoms with Crippen molar-refractivity contribution in [2.45, 2.75) is 18.6 Å². The van der Waals surface area contributed by atoms with Crippen LogP contribution in [0.15, 0.2) is 53.5 Å². The van der Waals surface area contributed by atoms with Gasteiger partial charge < -0.3 is 15.7 Å². The van der Waals surface area contributed by atoms with Crippen molar-refractivity contribution in [3.63, 3.8) is 0 Å². The summed E-state index contributed by atoms with van der Waals surface area (Å²) in [4.78, 5) is 28.6. The van der Waals surface area contributed by atoms with E-state index in [1.807, 2.05) is 31.2 Å². The third-order valence-corrected chi connectivity index (χ3v) is 4.73. The molecule has 0 bridgehead atoms. The molecule has 1 fully saturated rings. The minimum atomic E-state index is -0.514. The minimum Gasteiger partial charge on any atom is -0.508 e. The molecule has 1 saturated heterocycles. The maximum Gasteiger partial charge on any atom is 0.240 e. The molecule has 6 nitrogen and oxygen atoms in total. The first kappa shape index (κ1) is 17.0. The van der Waals surface area contributed by atoms with Gasteiger partial charge in [-0.25, -0.2) is 4.99 Å². The third kappa shape index (κ3) is 4.39. The molecule has 1 aliphatic heterocycles. The van der Waals surface area contributed by atoms with Crippen LogP contribution in [0.4, 0.5) is 11.4 Å². The largest absolute Gasteiger partial charge is 0.508 e. The lowest BCUT2D eigenvalue weighted by atomic mass is 10.2. The highest BCUT2D eigenvalue weighted by molar-refractivity contribution is 8.15. The summed E-state index contributed by atoms with van der Waals surface area (Å²) in [6.07, 6.45) is 0.0689.